The summed E-state index contributed by atoms with van der Waals surface area (Å²) in [5.74, 6) is 0.492. The lowest BCUT2D eigenvalue weighted by atomic mass is 9.96. The van der Waals surface area contributed by atoms with Gasteiger partial charge in [0, 0.05) is 22.7 Å². The SMILES string of the molecule is Cn1cnnc1Sc1ccc(NC(=O)C2COc3ccc(Cl)cc3C2)cc1. The lowest BCUT2D eigenvalue weighted by Gasteiger charge is -2.24. The van der Waals surface area contributed by atoms with Gasteiger partial charge in [-0.25, -0.2) is 0 Å². The molecule has 138 valence electrons. The fourth-order valence-electron chi connectivity index (χ4n) is 2.85. The Bertz CT molecular complexity index is 974. The van der Waals surface area contributed by atoms with Crippen LogP contribution in [0.5, 0.6) is 5.75 Å². The maximum atomic E-state index is 12.6. The fourth-order valence-corrected chi connectivity index (χ4v) is 3.81. The molecule has 0 fully saturated rings. The van der Waals surface area contributed by atoms with Gasteiger partial charge in [-0.1, -0.05) is 11.6 Å². The van der Waals surface area contributed by atoms with Crippen LogP contribution in [0, 0.1) is 5.92 Å². The summed E-state index contributed by atoms with van der Waals surface area (Å²) in [6, 6.07) is 13.1. The first-order valence-electron chi connectivity index (χ1n) is 8.42. The molecule has 0 bridgehead atoms. The van der Waals surface area contributed by atoms with Crippen LogP contribution in [0.25, 0.3) is 0 Å². The molecule has 0 spiro atoms. The zero-order valence-corrected chi connectivity index (χ0v) is 16.1. The van der Waals surface area contributed by atoms with Crippen LogP contribution >= 0.6 is 23.4 Å². The number of aryl methyl sites for hydroxylation is 1. The average Bonchev–Trinajstić information content (AvgIpc) is 3.07. The minimum Gasteiger partial charge on any atom is -0.492 e. The number of nitrogens with zero attached hydrogens (tertiary/aromatic N) is 3. The zero-order chi connectivity index (χ0) is 18.8. The largest absolute Gasteiger partial charge is 0.492 e. The van der Waals surface area contributed by atoms with Gasteiger partial charge < -0.3 is 14.6 Å². The van der Waals surface area contributed by atoms with Crippen molar-refractivity contribution >= 4 is 35.0 Å². The van der Waals surface area contributed by atoms with Crippen LogP contribution in [-0.4, -0.2) is 27.3 Å². The molecule has 3 aromatic rings. The highest BCUT2D eigenvalue weighted by molar-refractivity contribution is 7.99. The number of aromatic nitrogens is 3. The Morgan fingerprint density at radius 1 is 1.30 bits per heavy atom. The van der Waals surface area contributed by atoms with Gasteiger partial charge >= 0.3 is 0 Å². The number of benzene rings is 2. The molecular weight excluding hydrogens is 384 g/mol. The van der Waals surface area contributed by atoms with Crippen LogP contribution in [0.3, 0.4) is 0 Å². The van der Waals surface area contributed by atoms with Crippen molar-refractivity contribution in [3.8, 4) is 5.75 Å². The number of anilines is 1. The molecule has 1 aliphatic rings. The lowest BCUT2D eigenvalue weighted by Crippen LogP contribution is -2.32. The molecule has 1 N–H and O–H groups in total. The predicted molar refractivity (Wildman–Crippen MR) is 104 cm³/mol. The van der Waals surface area contributed by atoms with Gasteiger partial charge in [0.25, 0.3) is 0 Å². The number of halogens is 1. The Balaban J connectivity index is 1.39. The molecule has 0 saturated heterocycles. The standard InChI is InChI=1S/C19H17ClN4O2S/c1-24-11-21-23-19(24)27-16-5-3-15(4-6-16)22-18(25)13-8-12-9-14(20)2-7-17(12)26-10-13/h2-7,9,11,13H,8,10H2,1H3,(H,22,25). The third-order valence-electron chi connectivity index (χ3n) is 4.30. The minimum atomic E-state index is -0.247. The fraction of sp³-hybridized carbons (Fsp3) is 0.211. The van der Waals surface area contributed by atoms with E-state index in [9.17, 15) is 4.79 Å². The highest BCUT2D eigenvalue weighted by Gasteiger charge is 2.26. The maximum absolute atomic E-state index is 12.6. The first kappa shape index (κ1) is 17.9. The molecule has 1 amide bonds. The third-order valence-corrected chi connectivity index (χ3v) is 5.60. The summed E-state index contributed by atoms with van der Waals surface area (Å²) in [7, 11) is 1.90. The van der Waals surface area contributed by atoms with E-state index in [1.807, 2.05) is 48.0 Å². The number of carbonyl (C=O) groups is 1. The minimum absolute atomic E-state index is 0.0608. The summed E-state index contributed by atoms with van der Waals surface area (Å²) < 4.78 is 7.56. The second-order valence-corrected chi connectivity index (χ2v) is 7.78. The number of nitrogens with one attached hydrogen (secondary N) is 1. The van der Waals surface area contributed by atoms with Gasteiger partial charge in [-0.3, -0.25) is 4.79 Å². The van der Waals surface area contributed by atoms with Gasteiger partial charge in [-0.2, -0.15) is 0 Å². The monoisotopic (exact) mass is 400 g/mol. The molecule has 8 heteroatoms. The third kappa shape index (κ3) is 4.09. The summed E-state index contributed by atoms with van der Waals surface area (Å²) >= 11 is 7.56. The number of hydrogen-bond acceptors (Lipinski definition) is 5. The van der Waals surface area contributed by atoms with Crippen molar-refractivity contribution in [2.45, 2.75) is 16.5 Å². The molecule has 6 nitrogen and oxygen atoms in total. The Kier molecular flexibility index (Phi) is 5.05. The number of amides is 1. The summed E-state index contributed by atoms with van der Waals surface area (Å²) in [4.78, 5) is 13.6. The van der Waals surface area contributed by atoms with Gasteiger partial charge in [-0.05, 0) is 66.2 Å². The molecule has 27 heavy (non-hydrogen) atoms. The van der Waals surface area contributed by atoms with E-state index in [2.05, 4.69) is 15.5 Å². The van der Waals surface area contributed by atoms with Crippen molar-refractivity contribution in [2.75, 3.05) is 11.9 Å². The molecule has 2 heterocycles. The Morgan fingerprint density at radius 3 is 2.85 bits per heavy atom. The van der Waals surface area contributed by atoms with Crippen LogP contribution in [-0.2, 0) is 18.3 Å². The molecular formula is C19H17ClN4O2S. The van der Waals surface area contributed by atoms with E-state index >= 15 is 0 Å². The van der Waals surface area contributed by atoms with Crippen LogP contribution in [0.4, 0.5) is 5.69 Å². The van der Waals surface area contributed by atoms with Crippen molar-refractivity contribution in [1.82, 2.24) is 14.8 Å². The molecule has 0 aliphatic carbocycles. The van der Waals surface area contributed by atoms with E-state index in [0.717, 1.165) is 27.1 Å². The van der Waals surface area contributed by atoms with E-state index in [0.29, 0.717) is 18.1 Å². The average molecular weight is 401 g/mol. The van der Waals surface area contributed by atoms with Crippen molar-refractivity contribution in [3.05, 3.63) is 59.4 Å². The number of carbonyl (C=O) groups excluding carboxylic acids is 1. The molecule has 1 unspecified atom stereocenters. The summed E-state index contributed by atoms with van der Waals surface area (Å²) in [6.45, 7) is 0.362. The second-order valence-electron chi connectivity index (χ2n) is 6.30. The molecule has 1 aromatic heterocycles. The van der Waals surface area contributed by atoms with Crippen molar-refractivity contribution in [2.24, 2.45) is 13.0 Å². The molecule has 4 rings (SSSR count). The maximum Gasteiger partial charge on any atom is 0.231 e. The van der Waals surface area contributed by atoms with Gasteiger partial charge in [0.15, 0.2) is 5.16 Å². The molecule has 1 aliphatic heterocycles. The quantitative estimate of drug-likeness (QED) is 0.721. The Morgan fingerprint density at radius 2 is 2.11 bits per heavy atom. The lowest BCUT2D eigenvalue weighted by molar-refractivity contribution is -0.121. The Hall–Kier alpha value is -2.51. The van der Waals surface area contributed by atoms with Crippen molar-refractivity contribution in [3.63, 3.8) is 0 Å². The smallest absolute Gasteiger partial charge is 0.231 e. The Labute approximate surface area is 165 Å². The van der Waals surface area contributed by atoms with Crippen LogP contribution in [0.1, 0.15) is 5.56 Å². The summed E-state index contributed by atoms with van der Waals surface area (Å²) in [5.41, 5.74) is 1.71. The molecule has 2 aromatic carbocycles. The number of rotatable bonds is 4. The highest BCUT2D eigenvalue weighted by atomic mass is 35.5. The van der Waals surface area contributed by atoms with Gasteiger partial charge in [0.2, 0.25) is 5.91 Å². The molecule has 0 radical (unpaired) electrons. The van der Waals surface area contributed by atoms with Gasteiger partial charge in [-0.15, -0.1) is 10.2 Å². The predicted octanol–water partition coefficient (Wildman–Crippen LogP) is 3.81. The number of ether oxygens (including phenoxy) is 1. The summed E-state index contributed by atoms with van der Waals surface area (Å²) in [5, 5.41) is 12.3. The van der Waals surface area contributed by atoms with E-state index in [-0.39, 0.29) is 11.8 Å². The first-order valence-corrected chi connectivity index (χ1v) is 9.62. The number of hydrogen-bond donors (Lipinski definition) is 1. The second kappa shape index (κ2) is 7.62. The van der Waals surface area contributed by atoms with Crippen LogP contribution < -0.4 is 10.1 Å². The highest BCUT2D eigenvalue weighted by Crippen LogP contribution is 2.31. The topological polar surface area (TPSA) is 69.0 Å². The van der Waals surface area contributed by atoms with E-state index in [1.54, 1.807) is 12.4 Å². The normalized spacial score (nSPS) is 15.7. The van der Waals surface area contributed by atoms with E-state index in [1.165, 1.54) is 11.8 Å². The summed E-state index contributed by atoms with van der Waals surface area (Å²) in [6.07, 6.45) is 2.27. The van der Waals surface area contributed by atoms with E-state index < -0.39 is 0 Å². The van der Waals surface area contributed by atoms with Crippen molar-refractivity contribution in [1.29, 1.82) is 0 Å². The zero-order valence-electron chi connectivity index (χ0n) is 14.6. The van der Waals surface area contributed by atoms with Crippen molar-refractivity contribution < 1.29 is 9.53 Å². The van der Waals surface area contributed by atoms with Gasteiger partial charge in [0.05, 0.1) is 5.92 Å². The van der Waals surface area contributed by atoms with E-state index in [4.69, 9.17) is 16.3 Å². The first-order chi connectivity index (χ1) is 13.1. The molecule has 1 atom stereocenters. The van der Waals surface area contributed by atoms with Crippen LogP contribution in [0.2, 0.25) is 5.02 Å². The molecule has 0 saturated carbocycles. The van der Waals surface area contributed by atoms with Gasteiger partial charge in [0.1, 0.15) is 18.7 Å². The number of fused-ring (bicyclic) bond motifs is 1. The van der Waals surface area contributed by atoms with Crippen LogP contribution in [0.15, 0.2) is 58.8 Å².